The summed E-state index contributed by atoms with van der Waals surface area (Å²) in [7, 11) is 0. The Morgan fingerprint density at radius 3 is 2.59 bits per heavy atom. The molecule has 3 heteroatoms. The van der Waals surface area contributed by atoms with Crippen molar-refractivity contribution < 1.29 is 9.84 Å². The Morgan fingerprint density at radius 2 is 2.00 bits per heavy atom. The molecule has 3 nitrogen and oxygen atoms in total. The van der Waals surface area contributed by atoms with Gasteiger partial charge in [0.25, 0.3) is 0 Å². The van der Waals surface area contributed by atoms with Gasteiger partial charge in [-0.25, -0.2) is 0 Å². The van der Waals surface area contributed by atoms with E-state index in [-0.39, 0.29) is 11.2 Å². The van der Waals surface area contributed by atoms with Crippen LogP contribution in [0, 0.1) is 5.41 Å². The van der Waals surface area contributed by atoms with Gasteiger partial charge in [-0.15, -0.1) is 0 Å². The van der Waals surface area contributed by atoms with Gasteiger partial charge in [-0.05, 0) is 30.0 Å². The van der Waals surface area contributed by atoms with Crippen molar-refractivity contribution >= 4 is 0 Å². The zero-order valence-electron chi connectivity index (χ0n) is 11.2. The van der Waals surface area contributed by atoms with E-state index in [0.29, 0.717) is 12.4 Å². The van der Waals surface area contributed by atoms with E-state index < -0.39 is 0 Å². The summed E-state index contributed by atoms with van der Waals surface area (Å²) >= 11 is 0. The van der Waals surface area contributed by atoms with Crippen LogP contribution in [0.3, 0.4) is 0 Å². The Kier molecular flexibility index (Phi) is 4.82. The minimum atomic E-state index is 0.200. The summed E-state index contributed by atoms with van der Waals surface area (Å²) in [5.41, 5.74) is 1.40. The van der Waals surface area contributed by atoms with Crippen LogP contribution in [0.5, 0.6) is 11.5 Å². The number of rotatable bonds is 5. The quantitative estimate of drug-likeness (QED) is 0.827. The zero-order chi connectivity index (χ0) is 12.9. The third-order valence-corrected chi connectivity index (χ3v) is 2.31. The summed E-state index contributed by atoms with van der Waals surface area (Å²) in [6, 6.07) is 5.47. The first-order chi connectivity index (χ1) is 7.92. The van der Waals surface area contributed by atoms with Crippen molar-refractivity contribution in [3.05, 3.63) is 23.8 Å². The van der Waals surface area contributed by atoms with Gasteiger partial charge < -0.3 is 15.2 Å². The molecule has 2 N–H and O–H groups in total. The Balaban J connectivity index is 2.57. The van der Waals surface area contributed by atoms with Crippen molar-refractivity contribution in [2.24, 2.45) is 5.41 Å². The van der Waals surface area contributed by atoms with E-state index in [4.69, 9.17) is 4.74 Å². The highest BCUT2D eigenvalue weighted by atomic mass is 16.5. The molecule has 0 unspecified atom stereocenters. The second kappa shape index (κ2) is 5.92. The molecular formula is C14H23NO2. The highest BCUT2D eigenvalue weighted by Gasteiger charge is 2.09. The molecule has 0 radical (unpaired) electrons. The van der Waals surface area contributed by atoms with Gasteiger partial charge in [-0.1, -0.05) is 26.8 Å². The summed E-state index contributed by atoms with van der Waals surface area (Å²) in [6.45, 7) is 10.8. The lowest BCUT2D eigenvalue weighted by Gasteiger charge is -2.19. The normalized spacial score (nSPS) is 11.5. The van der Waals surface area contributed by atoms with Gasteiger partial charge in [0.1, 0.15) is 0 Å². The van der Waals surface area contributed by atoms with Gasteiger partial charge in [0.15, 0.2) is 11.5 Å². The van der Waals surface area contributed by atoms with Crippen molar-refractivity contribution in [2.75, 3.05) is 13.2 Å². The highest BCUT2D eigenvalue weighted by molar-refractivity contribution is 5.41. The van der Waals surface area contributed by atoms with Crippen molar-refractivity contribution in [2.45, 2.75) is 34.2 Å². The van der Waals surface area contributed by atoms with Crippen LogP contribution >= 0.6 is 0 Å². The Labute approximate surface area is 104 Å². The molecule has 0 saturated heterocycles. The largest absolute Gasteiger partial charge is 0.504 e. The van der Waals surface area contributed by atoms with Gasteiger partial charge in [-0.3, -0.25) is 0 Å². The van der Waals surface area contributed by atoms with Crippen molar-refractivity contribution in [1.29, 1.82) is 0 Å². The fourth-order valence-electron chi connectivity index (χ4n) is 1.52. The number of hydrogen-bond acceptors (Lipinski definition) is 3. The van der Waals surface area contributed by atoms with E-state index in [1.807, 2.05) is 19.1 Å². The number of aromatic hydroxyl groups is 1. The van der Waals surface area contributed by atoms with E-state index in [2.05, 4.69) is 26.1 Å². The van der Waals surface area contributed by atoms with E-state index in [1.165, 1.54) is 0 Å². The molecule has 1 rings (SSSR count). The second-order valence-corrected chi connectivity index (χ2v) is 5.40. The summed E-state index contributed by atoms with van der Waals surface area (Å²) in [6.07, 6.45) is 0. The number of ether oxygens (including phenoxy) is 1. The molecule has 17 heavy (non-hydrogen) atoms. The Hall–Kier alpha value is -1.22. The molecule has 0 bridgehead atoms. The molecular weight excluding hydrogens is 214 g/mol. The first-order valence-electron chi connectivity index (χ1n) is 6.08. The monoisotopic (exact) mass is 237 g/mol. The average Bonchev–Trinajstić information content (AvgIpc) is 2.21. The van der Waals surface area contributed by atoms with Crippen LogP contribution in [-0.2, 0) is 6.54 Å². The number of phenolic OH excluding ortho intramolecular Hbond substituents is 1. The molecule has 96 valence electrons. The Morgan fingerprint density at radius 1 is 1.29 bits per heavy atom. The van der Waals surface area contributed by atoms with E-state index in [1.54, 1.807) is 6.07 Å². The van der Waals surface area contributed by atoms with E-state index >= 15 is 0 Å². The fraction of sp³-hybridized carbons (Fsp3) is 0.571. The van der Waals surface area contributed by atoms with Crippen molar-refractivity contribution in [3.8, 4) is 11.5 Å². The van der Waals surface area contributed by atoms with Crippen LogP contribution in [0.15, 0.2) is 18.2 Å². The molecule has 0 spiro atoms. The van der Waals surface area contributed by atoms with Crippen LogP contribution < -0.4 is 10.1 Å². The van der Waals surface area contributed by atoms with E-state index in [0.717, 1.165) is 18.7 Å². The first kappa shape index (κ1) is 13.8. The molecule has 0 aliphatic carbocycles. The highest BCUT2D eigenvalue weighted by Crippen LogP contribution is 2.26. The number of hydrogen-bond donors (Lipinski definition) is 2. The van der Waals surface area contributed by atoms with Gasteiger partial charge in [0.2, 0.25) is 0 Å². The van der Waals surface area contributed by atoms with Gasteiger partial charge in [-0.2, -0.15) is 0 Å². The number of benzene rings is 1. The maximum absolute atomic E-state index is 9.58. The van der Waals surface area contributed by atoms with Crippen LogP contribution in [0.2, 0.25) is 0 Å². The lowest BCUT2D eigenvalue weighted by atomic mass is 9.97. The van der Waals surface area contributed by atoms with Gasteiger partial charge >= 0.3 is 0 Å². The van der Waals surface area contributed by atoms with Crippen molar-refractivity contribution in [3.63, 3.8) is 0 Å². The van der Waals surface area contributed by atoms with Crippen LogP contribution in [0.4, 0.5) is 0 Å². The zero-order valence-corrected chi connectivity index (χ0v) is 11.2. The lowest BCUT2D eigenvalue weighted by Crippen LogP contribution is -2.26. The third-order valence-electron chi connectivity index (χ3n) is 2.31. The predicted molar refractivity (Wildman–Crippen MR) is 70.4 cm³/mol. The standard InChI is InChI=1S/C14H23NO2/c1-5-17-13-8-11(6-7-12(13)16)9-15-10-14(2,3)4/h6-8,15-16H,5,9-10H2,1-4H3. The van der Waals surface area contributed by atoms with Gasteiger partial charge in [0, 0.05) is 13.1 Å². The molecule has 1 aromatic rings. The average molecular weight is 237 g/mol. The first-order valence-corrected chi connectivity index (χ1v) is 6.08. The van der Waals surface area contributed by atoms with Crippen LogP contribution in [0.25, 0.3) is 0 Å². The minimum Gasteiger partial charge on any atom is -0.504 e. The Bertz CT molecular complexity index is 356. The molecule has 0 saturated carbocycles. The molecule has 0 fully saturated rings. The summed E-state index contributed by atoms with van der Waals surface area (Å²) in [5, 5.41) is 13.0. The van der Waals surface area contributed by atoms with Crippen LogP contribution in [-0.4, -0.2) is 18.3 Å². The third kappa shape index (κ3) is 5.09. The maximum atomic E-state index is 9.58. The maximum Gasteiger partial charge on any atom is 0.161 e. The molecule has 0 atom stereocenters. The van der Waals surface area contributed by atoms with Gasteiger partial charge in [0.05, 0.1) is 6.61 Å². The summed E-state index contributed by atoms with van der Waals surface area (Å²) in [5.74, 6) is 0.758. The molecule has 0 heterocycles. The molecule has 0 aliphatic rings. The summed E-state index contributed by atoms with van der Waals surface area (Å²) in [4.78, 5) is 0. The smallest absolute Gasteiger partial charge is 0.161 e. The molecule has 0 amide bonds. The molecule has 0 aromatic heterocycles. The fourth-order valence-corrected chi connectivity index (χ4v) is 1.52. The second-order valence-electron chi connectivity index (χ2n) is 5.40. The number of nitrogens with one attached hydrogen (secondary N) is 1. The topological polar surface area (TPSA) is 41.5 Å². The van der Waals surface area contributed by atoms with E-state index in [9.17, 15) is 5.11 Å². The van der Waals surface area contributed by atoms with Crippen LogP contribution in [0.1, 0.15) is 33.3 Å². The molecule has 1 aromatic carbocycles. The molecule has 0 aliphatic heterocycles. The summed E-state index contributed by atoms with van der Waals surface area (Å²) < 4.78 is 5.35. The predicted octanol–water partition coefficient (Wildman–Crippen LogP) is 2.93. The SMILES string of the molecule is CCOc1cc(CNCC(C)(C)C)ccc1O. The minimum absolute atomic E-state index is 0.200. The lowest BCUT2D eigenvalue weighted by molar-refractivity contribution is 0.317. The number of phenols is 1. The van der Waals surface area contributed by atoms with Crippen molar-refractivity contribution in [1.82, 2.24) is 5.32 Å².